The summed E-state index contributed by atoms with van der Waals surface area (Å²) in [6, 6.07) is 26.3. The monoisotopic (exact) mass is 514 g/mol. The zero-order valence-electron chi connectivity index (χ0n) is 18.4. The van der Waals surface area contributed by atoms with E-state index < -0.39 is 11.5 Å². The van der Waals surface area contributed by atoms with Gasteiger partial charge in [0.15, 0.2) is 11.4 Å². The lowest BCUT2D eigenvalue weighted by atomic mass is 9.88. The first-order chi connectivity index (χ1) is 16.5. The summed E-state index contributed by atoms with van der Waals surface area (Å²) in [4.78, 5) is 28.4. The van der Waals surface area contributed by atoms with Crippen molar-refractivity contribution in [3.05, 3.63) is 118 Å². The van der Waals surface area contributed by atoms with E-state index in [9.17, 15) is 14.7 Å². The molecule has 5 nitrogen and oxygen atoms in total. The molecule has 0 saturated heterocycles. The van der Waals surface area contributed by atoms with E-state index in [1.54, 1.807) is 29.2 Å². The van der Waals surface area contributed by atoms with Gasteiger partial charge in [0.05, 0.1) is 12.1 Å². The molecule has 4 aromatic rings. The number of fused-ring (bicyclic) bond motifs is 1. The Labute approximate surface area is 206 Å². The number of carbonyl (C=O) groups is 2. The molecule has 5 rings (SSSR count). The predicted molar refractivity (Wildman–Crippen MR) is 135 cm³/mol. The number of aromatic nitrogens is 1. The van der Waals surface area contributed by atoms with Crippen molar-refractivity contribution in [2.24, 2.45) is 0 Å². The Balaban J connectivity index is 1.44. The van der Waals surface area contributed by atoms with Crippen molar-refractivity contribution in [1.29, 1.82) is 0 Å². The summed E-state index contributed by atoms with van der Waals surface area (Å²) < 4.78 is 2.65. The molecule has 0 fully saturated rings. The minimum absolute atomic E-state index is 0.291. The van der Waals surface area contributed by atoms with E-state index in [0.29, 0.717) is 29.8 Å². The van der Waals surface area contributed by atoms with Crippen LogP contribution in [0.2, 0.25) is 0 Å². The van der Waals surface area contributed by atoms with Gasteiger partial charge >= 0.3 is 0 Å². The lowest BCUT2D eigenvalue weighted by Crippen LogP contribution is -2.42. The Morgan fingerprint density at radius 1 is 0.912 bits per heavy atom. The molecule has 1 aliphatic rings. The number of rotatable bonds is 7. The molecule has 170 valence electrons. The van der Waals surface area contributed by atoms with Crippen molar-refractivity contribution in [1.82, 2.24) is 4.57 Å². The number of halogens is 1. The van der Waals surface area contributed by atoms with Crippen molar-refractivity contribution in [2.45, 2.75) is 18.4 Å². The van der Waals surface area contributed by atoms with Crippen molar-refractivity contribution in [3.63, 3.8) is 0 Å². The van der Waals surface area contributed by atoms with Crippen LogP contribution in [0.1, 0.15) is 27.9 Å². The molecular formula is C28H23BrN2O3. The number of carbonyl (C=O) groups excluding carboxylic acids is 2. The molecule has 0 radical (unpaired) electrons. The highest BCUT2D eigenvalue weighted by Gasteiger charge is 2.50. The third kappa shape index (κ3) is 4.11. The SMILES string of the molecule is O=C(C[C@]1(O)C(=O)N(CCc2ccccc2)c2ccc(Br)cc21)c1cccc(-n2cccc2)c1. The number of benzene rings is 3. The minimum Gasteiger partial charge on any atom is -0.375 e. The van der Waals surface area contributed by atoms with E-state index >= 15 is 0 Å². The Bertz CT molecular complexity index is 1350. The summed E-state index contributed by atoms with van der Waals surface area (Å²) in [6.45, 7) is 0.414. The van der Waals surface area contributed by atoms with Crippen LogP contribution in [0, 0.1) is 0 Å². The van der Waals surface area contributed by atoms with E-state index in [0.717, 1.165) is 15.7 Å². The van der Waals surface area contributed by atoms with Gasteiger partial charge in [0.25, 0.3) is 5.91 Å². The number of amides is 1. The van der Waals surface area contributed by atoms with Crippen LogP contribution in [-0.4, -0.2) is 27.9 Å². The van der Waals surface area contributed by atoms with Crippen molar-refractivity contribution >= 4 is 33.3 Å². The highest BCUT2D eigenvalue weighted by Crippen LogP contribution is 2.44. The molecule has 0 saturated carbocycles. The van der Waals surface area contributed by atoms with Crippen molar-refractivity contribution in [3.8, 4) is 5.69 Å². The third-order valence-corrected chi connectivity index (χ3v) is 6.74. The zero-order valence-corrected chi connectivity index (χ0v) is 20.0. The second kappa shape index (κ2) is 9.05. The number of nitrogens with zero attached hydrogens (tertiary/aromatic N) is 2. The average Bonchev–Trinajstić information content (AvgIpc) is 3.46. The van der Waals surface area contributed by atoms with E-state index in [1.165, 1.54) is 0 Å². The van der Waals surface area contributed by atoms with E-state index in [-0.39, 0.29) is 12.2 Å². The number of hydrogen-bond acceptors (Lipinski definition) is 3. The standard InChI is InChI=1S/C28H23BrN2O3/c29-22-11-12-25-24(18-22)28(34,27(33)31(25)16-13-20-7-2-1-3-8-20)19-26(32)21-9-6-10-23(17-21)30-14-4-5-15-30/h1-12,14-15,17-18,34H,13,16,19H2/t28-/m1/s1. The maximum atomic E-state index is 13.5. The quantitative estimate of drug-likeness (QED) is 0.341. The van der Waals surface area contributed by atoms with Gasteiger partial charge in [-0.2, -0.15) is 0 Å². The molecular weight excluding hydrogens is 492 g/mol. The molecule has 0 bridgehead atoms. The lowest BCUT2D eigenvalue weighted by Gasteiger charge is -2.23. The summed E-state index contributed by atoms with van der Waals surface area (Å²) >= 11 is 3.45. The van der Waals surface area contributed by atoms with Crippen molar-refractivity contribution < 1.29 is 14.7 Å². The average molecular weight is 515 g/mol. The second-order valence-electron chi connectivity index (χ2n) is 8.45. The van der Waals surface area contributed by atoms with E-state index in [1.807, 2.05) is 77.6 Å². The van der Waals surface area contributed by atoms with Gasteiger partial charge in [0.1, 0.15) is 0 Å². The molecule has 0 spiro atoms. The summed E-state index contributed by atoms with van der Waals surface area (Å²) in [5, 5.41) is 11.7. The fourth-order valence-electron chi connectivity index (χ4n) is 4.48. The Morgan fingerprint density at radius 2 is 1.68 bits per heavy atom. The predicted octanol–water partition coefficient (Wildman–Crippen LogP) is 5.29. The van der Waals surface area contributed by atoms with Gasteiger partial charge in [0.2, 0.25) is 0 Å². The van der Waals surface area contributed by atoms with Gasteiger partial charge in [-0.3, -0.25) is 9.59 Å². The molecule has 0 aliphatic carbocycles. The van der Waals surface area contributed by atoms with Gasteiger partial charge < -0.3 is 14.6 Å². The van der Waals surface area contributed by atoms with Gasteiger partial charge in [0, 0.05) is 40.2 Å². The van der Waals surface area contributed by atoms with Crippen LogP contribution in [0.5, 0.6) is 0 Å². The molecule has 1 aromatic heterocycles. The maximum absolute atomic E-state index is 13.5. The molecule has 1 amide bonds. The second-order valence-corrected chi connectivity index (χ2v) is 9.37. The largest absolute Gasteiger partial charge is 0.375 e. The first kappa shape index (κ1) is 22.3. The Hall–Kier alpha value is -3.48. The normalized spacial score (nSPS) is 17.1. The number of hydrogen-bond donors (Lipinski definition) is 1. The summed E-state index contributed by atoms with van der Waals surface area (Å²) in [7, 11) is 0. The third-order valence-electron chi connectivity index (χ3n) is 6.25. The smallest absolute Gasteiger partial charge is 0.264 e. The zero-order chi connectivity index (χ0) is 23.7. The van der Waals surface area contributed by atoms with Gasteiger partial charge in [-0.1, -0.05) is 58.4 Å². The van der Waals surface area contributed by atoms with Crippen LogP contribution in [-0.2, 0) is 16.8 Å². The molecule has 1 atom stereocenters. The maximum Gasteiger partial charge on any atom is 0.264 e. The first-order valence-corrected chi connectivity index (χ1v) is 11.9. The topological polar surface area (TPSA) is 62.5 Å². The van der Waals surface area contributed by atoms with Crippen LogP contribution in [0.15, 0.2) is 102 Å². The molecule has 1 N–H and O–H groups in total. The van der Waals surface area contributed by atoms with Gasteiger partial charge in [-0.15, -0.1) is 0 Å². The summed E-state index contributed by atoms with van der Waals surface area (Å²) in [6.07, 6.45) is 4.11. The lowest BCUT2D eigenvalue weighted by molar-refractivity contribution is -0.135. The van der Waals surface area contributed by atoms with Crippen LogP contribution >= 0.6 is 15.9 Å². The van der Waals surface area contributed by atoms with Crippen molar-refractivity contribution in [2.75, 3.05) is 11.4 Å². The molecule has 2 heterocycles. The minimum atomic E-state index is -1.92. The fourth-order valence-corrected chi connectivity index (χ4v) is 4.84. The number of anilines is 1. The molecule has 1 aliphatic heterocycles. The highest BCUT2D eigenvalue weighted by molar-refractivity contribution is 9.10. The Kier molecular flexibility index (Phi) is 5.94. The number of aliphatic hydroxyl groups is 1. The summed E-state index contributed by atoms with van der Waals surface area (Å²) in [5.41, 5.74) is 1.56. The molecule has 0 unspecified atom stereocenters. The van der Waals surface area contributed by atoms with Gasteiger partial charge in [-0.05, 0) is 54.4 Å². The van der Waals surface area contributed by atoms with Gasteiger partial charge in [-0.25, -0.2) is 0 Å². The van der Waals surface area contributed by atoms with Crippen LogP contribution in [0.4, 0.5) is 5.69 Å². The first-order valence-electron chi connectivity index (χ1n) is 11.1. The van der Waals surface area contributed by atoms with E-state index in [4.69, 9.17) is 0 Å². The van der Waals surface area contributed by atoms with Crippen LogP contribution in [0.25, 0.3) is 5.69 Å². The summed E-state index contributed by atoms with van der Waals surface area (Å²) in [5.74, 6) is -0.757. The Morgan fingerprint density at radius 3 is 2.44 bits per heavy atom. The number of Topliss-reactive ketones (excluding diaryl/α,β-unsaturated/α-hetero) is 1. The van der Waals surface area contributed by atoms with Crippen LogP contribution in [0.3, 0.4) is 0 Å². The number of ketones is 1. The van der Waals surface area contributed by atoms with Crippen LogP contribution < -0.4 is 4.90 Å². The fraction of sp³-hybridized carbons (Fsp3) is 0.143. The highest BCUT2D eigenvalue weighted by atomic mass is 79.9. The van der Waals surface area contributed by atoms with E-state index in [2.05, 4.69) is 15.9 Å². The molecule has 6 heteroatoms. The molecule has 34 heavy (non-hydrogen) atoms. The molecule has 3 aromatic carbocycles.